The van der Waals surface area contributed by atoms with E-state index >= 15 is 0 Å². The first-order valence-electron chi connectivity index (χ1n) is 7.77. The number of thioether (sulfide) groups is 1. The van der Waals surface area contributed by atoms with Crippen molar-refractivity contribution in [3.05, 3.63) is 71.1 Å². The minimum atomic E-state index is -0.0615. The number of hydrogen-bond donors (Lipinski definition) is 0. The molecule has 0 atom stereocenters. The molecule has 0 aliphatic carbocycles. The van der Waals surface area contributed by atoms with Crippen LogP contribution in [0.5, 0.6) is 0 Å². The minimum absolute atomic E-state index is 0.0615. The lowest BCUT2D eigenvalue weighted by Crippen LogP contribution is -2.22. The van der Waals surface area contributed by atoms with Gasteiger partial charge in [0.1, 0.15) is 0 Å². The van der Waals surface area contributed by atoms with Gasteiger partial charge < -0.3 is 0 Å². The number of benzene rings is 2. The second kappa shape index (κ2) is 6.09. The van der Waals surface area contributed by atoms with Gasteiger partial charge in [-0.1, -0.05) is 49.0 Å². The summed E-state index contributed by atoms with van der Waals surface area (Å²) in [5, 5.41) is 2.31. The van der Waals surface area contributed by atoms with Gasteiger partial charge in [0.2, 0.25) is 0 Å². The summed E-state index contributed by atoms with van der Waals surface area (Å²) in [5.41, 5.74) is 2.32. The highest BCUT2D eigenvalue weighted by Gasteiger charge is 2.13. The van der Waals surface area contributed by atoms with Crippen molar-refractivity contribution in [3.63, 3.8) is 0 Å². The van der Waals surface area contributed by atoms with Crippen LogP contribution in [0.3, 0.4) is 0 Å². The third-order valence-corrected chi connectivity index (χ3v) is 4.67. The zero-order chi connectivity index (χ0) is 16.5. The second-order valence-electron chi connectivity index (χ2n) is 5.37. The minimum Gasteiger partial charge on any atom is -0.268 e. The number of pyridine rings is 1. The molecule has 4 aromatic rings. The molecule has 2 aromatic heterocycles. The average Bonchev–Trinajstić information content (AvgIpc) is 2.62. The van der Waals surface area contributed by atoms with E-state index in [1.54, 1.807) is 22.5 Å². The lowest BCUT2D eigenvalue weighted by Gasteiger charge is -2.13. The summed E-state index contributed by atoms with van der Waals surface area (Å²) in [4.78, 5) is 22.2. The number of rotatable bonds is 3. The Bertz CT molecular complexity index is 1100. The van der Waals surface area contributed by atoms with Gasteiger partial charge in [-0.25, -0.2) is 4.98 Å². The van der Waals surface area contributed by atoms with Gasteiger partial charge in [0.15, 0.2) is 5.16 Å². The summed E-state index contributed by atoms with van der Waals surface area (Å²) >= 11 is 1.56. The van der Waals surface area contributed by atoms with Crippen LogP contribution < -0.4 is 5.56 Å². The summed E-state index contributed by atoms with van der Waals surface area (Å²) in [6.45, 7) is 2.05. The smallest absolute Gasteiger partial charge is 0.266 e. The molecule has 0 radical (unpaired) electrons. The van der Waals surface area contributed by atoms with Gasteiger partial charge in [-0.2, -0.15) is 0 Å². The third kappa shape index (κ3) is 2.47. The van der Waals surface area contributed by atoms with E-state index in [4.69, 9.17) is 0 Å². The van der Waals surface area contributed by atoms with E-state index in [1.165, 1.54) is 0 Å². The van der Waals surface area contributed by atoms with Crippen molar-refractivity contribution < 1.29 is 0 Å². The van der Waals surface area contributed by atoms with Crippen LogP contribution in [0.15, 0.2) is 70.7 Å². The largest absolute Gasteiger partial charge is 0.268 e. The van der Waals surface area contributed by atoms with Crippen molar-refractivity contribution in [3.8, 4) is 5.69 Å². The molecule has 0 bridgehead atoms. The van der Waals surface area contributed by atoms with Gasteiger partial charge in [0, 0.05) is 5.39 Å². The van der Waals surface area contributed by atoms with Gasteiger partial charge in [0.05, 0.1) is 28.3 Å². The average molecular weight is 333 g/mol. The molecular weight excluding hydrogens is 318 g/mol. The van der Waals surface area contributed by atoms with Crippen LogP contribution in [-0.2, 0) is 0 Å². The van der Waals surface area contributed by atoms with Crippen molar-refractivity contribution in [2.45, 2.75) is 12.1 Å². The monoisotopic (exact) mass is 333 g/mol. The maximum absolute atomic E-state index is 13.0. The Morgan fingerprint density at radius 1 is 1.04 bits per heavy atom. The number of para-hydroxylation sites is 2. The summed E-state index contributed by atoms with van der Waals surface area (Å²) in [6.07, 6.45) is 1.74. The predicted molar refractivity (Wildman–Crippen MR) is 99.0 cm³/mol. The Balaban J connectivity index is 2.04. The van der Waals surface area contributed by atoms with Gasteiger partial charge in [-0.3, -0.25) is 14.3 Å². The fourth-order valence-corrected chi connectivity index (χ4v) is 3.49. The van der Waals surface area contributed by atoms with Gasteiger partial charge in [-0.05, 0) is 30.0 Å². The summed E-state index contributed by atoms with van der Waals surface area (Å²) in [7, 11) is 0. The highest BCUT2D eigenvalue weighted by Crippen LogP contribution is 2.22. The molecule has 4 nitrogen and oxygen atoms in total. The van der Waals surface area contributed by atoms with E-state index < -0.39 is 0 Å². The topological polar surface area (TPSA) is 47.8 Å². The van der Waals surface area contributed by atoms with E-state index in [0.717, 1.165) is 27.9 Å². The SMILES string of the molecule is CCSc1nc2ccccc2c(=O)n1-c1cnc2ccccc2c1. The fourth-order valence-electron chi connectivity index (χ4n) is 2.75. The number of fused-ring (bicyclic) bond motifs is 2. The maximum Gasteiger partial charge on any atom is 0.266 e. The van der Waals surface area contributed by atoms with Crippen LogP contribution in [0.4, 0.5) is 0 Å². The van der Waals surface area contributed by atoms with Gasteiger partial charge in [-0.15, -0.1) is 0 Å². The van der Waals surface area contributed by atoms with Crippen molar-refractivity contribution in [1.82, 2.24) is 14.5 Å². The number of hydrogen-bond acceptors (Lipinski definition) is 4. The third-order valence-electron chi connectivity index (χ3n) is 3.85. The molecule has 0 fully saturated rings. The first-order chi connectivity index (χ1) is 11.8. The van der Waals surface area contributed by atoms with E-state index in [9.17, 15) is 4.79 Å². The molecular formula is C19H15N3OS. The predicted octanol–water partition coefficient (Wildman–Crippen LogP) is 4.05. The Morgan fingerprint density at radius 2 is 1.79 bits per heavy atom. The van der Waals surface area contributed by atoms with Gasteiger partial charge in [0.25, 0.3) is 5.56 Å². The highest BCUT2D eigenvalue weighted by atomic mass is 32.2. The lowest BCUT2D eigenvalue weighted by atomic mass is 10.2. The lowest BCUT2D eigenvalue weighted by molar-refractivity contribution is 0.818. The van der Waals surface area contributed by atoms with E-state index in [2.05, 4.69) is 16.9 Å². The van der Waals surface area contributed by atoms with Crippen LogP contribution in [-0.4, -0.2) is 20.3 Å². The number of aromatic nitrogens is 3. The van der Waals surface area contributed by atoms with Crippen LogP contribution in [0.1, 0.15) is 6.92 Å². The molecule has 2 aromatic carbocycles. The molecule has 0 amide bonds. The first-order valence-corrected chi connectivity index (χ1v) is 8.76. The zero-order valence-electron chi connectivity index (χ0n) is 13.1. The van der Waals surface area contributed by atoms with Crippen molar-refractivity contribution in [2.75, 3.05) is 5.75 Å². The first kappa shape index (κ1) is 14.9. The molecule has 0 unspecified atom stereocenters. The summed E-state index contributed by atoms with van der Waals surface area (Å²) in [6, 6.07) is 17.3. The Hall–Kier alpha value is -2.66. The van der Waals surface area contributed by atoms with E-state index in [1.807, 2.05) is 54.6 Å². The molecule has 2 heterocycles. The maximum atomic E-state index is 13.0. The summed E-state index contributed by atoms with van der Waals surface area (Å²) in [5.74, 6) is 0.839. The van der Waals surface area contributed by atoms with E-state index in [-0.39, 0.29) is 5.56 Å². The molecule has 0 N–H and O–H groups in total. The molecule has 24 heavy (non-hydrogen) atoms. The van der Waals surface area contributed by atoms with Crippen molar-refractivity contribution >= 4 is 33.6 Å². The van der Waals surface area contributed by atoms with E-state index in [0.29, 0.717) is 10.5 Å². The molecule has 0 saturated carbocycles. The van der Waals surface area contributed by atoms with Gasteiger partial charge >= 0.3 is 0 Å². The van der Waals surface area contributed by atoms with Crippen LogP contribution in [0, 0.1) is 0 Å². The highest BCUT2D eigenvalue weighted by molar-refractivity contribution is 7.99. The van der Waals surface area contributed by atoms with Crippen LogP contribution in [0.25, 0.3) is 27.5 Å². The molecule has 0 saturated heterocycles. The zero-order valence-corrected chi connectivity index (χ0v) is 14.0. The molecule has 118 valence electrons. The standard InChI is InChI=1S/C19H15N3OS/c1-2-24-19-21-17-10-6-4-8-15(17)18(23)22(19)14-11-13-7-3-5-9-16(13)20-12-14/h3-12H,2H2,1H3. The normalized spacial score (nSPS) is 11.2. The molecule has 5 heteroatoms. The second-order valence-corrected chi connectivity index (χ2v) is 6.60. The molecule has 0 aliphatic heterocycles. The van der Waals surface area contributed by atoms with Crippen molar-refractivity contribution in [1.29, 1.82) is 0 Å². The Morgan fingerprint density at radius 3 is 2.62 bits per heavy atom. The molecule has 0 aliphatic rings. The molecule has 0 spiro atoms. The van der Waals surface area contributed by atoms with Crippen LogP contribution in [0.2, 0.25) is 0 Å². The van der Waals surface area contributed by atoms with Crippen molar-refractivity contribution in [2.24, 2.45) is 0 Å². The Labute approximate surface area is 143 Å². The van der Waals surface area contributed by atoms with Crippen LogP contribution >= 0.6 is 11.8 Å². The Kier molecular flexibility index (Phi) is 3.78. The quantitative estimate of drug-likeness (QED) is 0.419. The number of nitrogens with zero attached hydrogens (tertiary/aromatic N) is 3. The fraction of sp³-hybridized carbons (Fsp3) is 0.105. The molecule has 4 rings (SSSR count). The summed E-state index contributed by atoms with van der Waals surface area (Å²) < 4.78 is 1.66.